The van der Waals surface area contributed by atoms with Gasteiger partial charge in [-0.25, -0.2) is 0 Å². The van der Waals surface area contributed by atoms with Crippen LogP contribution in [0.3, 0.4) is 0 Å². The van der Waals surface area contributed by atoms with Gasteiger partial charge >= 0.3 is 0 Å². The largest absolute Gasteiger partial charge is 0.339 e. The lowest BCUT2D eigenvalue weighted by Crippen LogP contribution is -2.28. The van der Waals surface area contributed by atoms with Crippen LogP contribution in [0.1, 0.15) is 28.6 Å². The molecule has 1 aliphatic rings. The lowest BCUT2D eigenvalue weighted by molar-refractivity contribution is 0.0789. The van der Waals surface area contributed by atoms with E-state index in [1.54, 1.807) is 24.5 Å². The zero-order valence-electron chi connectivity index (χ0n) is 13.0. The predicted octanol–water partition coefficient (Wildman–Crippen LogP) is 2.76. The van der Waals surface area contributed by atoms with Crippen molar-refractivity contribution in [2.75, 3.05) is 13.1 Å². The second-order valence-electron chi connectivity index (χ2n) is 5.79. The number of carbonyl (C=O) groups is 1. The van der Waals surface area contributed by atoms with Crippen LogP contribution in [0, 0.1) is 0 Å². The zero-order chi connectivity index (χ0) is 16.4. The first kappa shape index (κ1) is 14.6. The summed E-state index contributed by atoms with van der Waals surface area (Å²) in [6.07, 6.45) is 4.09. The Morgan fingerprint density at radius 1 is 1.12 bits per heavy atom. The third-order valence-corrected chi connectivity index (χ3v) is 4.23. The predicted molar refractivity (Wildman–Crippen MR) is 87.2 cm³/mol. The van der Waals surface area contributed by atoms with Crippen LogP contribution in [-0.4, -0.2) is 39.0 Å². The van der Waals surface area contributed by atoms with Crippen LogP contribution in [0.2, 0.25) is 0 Å². The van der Waals surface area contributed by atoms with E-state index in [0.717, 1.165) is 12.0 Å². The number of amides is 1. The second kappa shape index (κ2) is 6.23. The summed E-state index contributed by atoms with van der Waals surface area (Å²) in [5.74, 6) is 1.28. The summed E-state index contributed by atoms with van der Waals surface area (Å²) in [6, 6.07) is 13.2. The Morgan fingerprint density at radius 2 is 1.92 bits per heavy atom. The minimum Gasteiger partial charge on any atom is -0.339 e. The van der Waals surface area contributed by atoms with Crippen LogP contribution < -0.4 is 0 Å². The van der Waals surface area contributed by atoms with Gasteiger partial charge in [-0.1, -0.05) is 35.5 Å². The first-order valence-electron chi connectivity index (χ1n) is 7.89. The minimum atomic E-state index is 0.0164. The molecule has 0 radical (unpaired) electrons. The maximum Gasteiger partial charge on any atom is 0.253 e. The first-order chi connectivity index (χ1) is 11.8. The molecule has 0 spiro atoms. The number of pyridine rings is 1. The minimum absolute atomic E-state index is 0.0164. The van der Waals surface area contributed by atoms with E-state index >= 15 is 0 Å². The maximum atomic E-state index is 12.5. The summed E-state index contributed by atoms with van der Waals surface area (Å²) in [7, 11) is 0. The number of benzene rings is 1. The van der Waals surface area contributed by atoms with E-state index in [0.29, 0.717) is 30.4 Å². The van der Waals surface area contributed by atoms with E-state index in [1.165, 1.54) is 0 Å². The summed E-state index contributed by atoms with van der Waals surface area (Å²) >= 11 is 0. The van der Waals surface area contributed by atoms with Crippen molar-refractivity contribution in [1.29, 1.82) is 0 Å². The van der Waals surface area contributed by atoms with Crippen molar-refractivity contribution in [3.8, 4) is 11.4 Å². The van der Waals surface area contributed by atoms with Gasteiger partial charge in [0.05, 0.1) is 5.92 Å². The molecule has 6 heteroatoms. The highest BCUT2D eigenvalue weighted by Crippen LogP contribution is 2.28. The van der Waals surface area contributed by atoms with Crippen LogP contribution in [-0.2, 0) is 0 Å². The van der Waals surface area contributed by atoms with Gasteiger partial charge in [0.2, 0.25) is 11.7 Å². The molecule has 120 valence electrons. The van der Waals surface area contributed by atoms with Crippen molar-refractivity contribution in [2.45, 2.75) is 12.3 Å². The summed E-state index contributed by atoms with van der Waals surface area (Å²) in [4.78, 5) is 22.8. The van der Waals surface area contributed by atoms with Gasteiger partial charge in [0, 0.05) is 36.6 Å². The lowest BCUT2D eigenvalue weighted by atomic mass is 10.1. The zero-order valence-corrected chi connectivity index (χ0v) is 13.0. The molecule has 1 aromatic carbocycles. The number of carbonyl (C=O) groups excluding carboxylic acids is 1. The fourth-order valence-electron chi connectivity index (χ4n) is 2.93. The van der Waals surface area contributed by atoms with Crippen molar-refractivity contribution >= 4 is 5.91 Å². The Bertz CT molecular complexity index is 832. The molecular weight excluding hydrogens is 304 g/mol. The third kappa shape index (κ3) is 2.78. The number of hydrogen-bond donors (Lipinski definition) is 0. The summed E-state index contributed by atoms with van der Waals surface area (Å²) in [6.45, 7) is 1.28. The molecule has 0 N–H and O–H groups in total. The van der Waals surface area contributed by atoms with E-state index in [1.807, 2.05) is 35.2 Å². The van der Waals surface area contributed by atoms with E-state index in [2.05, 4.69) is 15.1 Å². The van der Waals surface area contributed by atoms with Gasteiger partial charge in [0.25, 0.3) is 5.91 Å². The summed E-state index contributed by atoms with van der Waals surface area (Å²) in [5.41, 5.74) is 1.58. The molecule has 4 rings (SSSR count). The van der Waals surface area contributed by atoms with Gasteiger partial charge in [-0.15, -0.1) is 0 Å². The summed E-state index contributed by atoms with van der Waals surface area (Å²) < 4.78 is 5.43. The first-order valence-corrected chi connectivity index (χ1v) is 7.89. The molecule has 1 fully saturated rings. The van der Waals surface area contributed by atoms with E-state index in [9.17, 15) is 4.79 Å². The molecule has 1 aliphatic heterocycles. The Kier molecular flexibility index (Phi) is 3.78. The van der Waals surface area contributed by atoms with Crippen molar-refractivity contribution < 1.29 is 9.32 Å². The van der Waals surface area contributed by atoms with Gasteiger partial charge in [-0.2, -0.15) is 4.98 Å². The summed E-state index contributed by atoms with van der Waals surface area (Å²) in [5, 5.41) is 4.06. The van der Waals surface area contributed by atoms with Gasteiger partial charge in [0.15, 0.2) is 0 Å². The molecule has 0 bridgehead atoms. The molecule has 1 saturated heterocycles. The van der Waals surface area contributed by atoms with E-state index < -0.39 is 0 Å². The van der Waals surface area contributed by atoms with Crippen LogP contribution in [0.15, 0.2) is 59.4 Å². The Labute approximate surface area is 139 Å². The quantitative estimate of drug-likeness (QED) is 0.742. The van der Waals surface area contributed by atoms with Crippen molar-refractivity contribution in [1.82, 2.24) is 20.0 Å². The van der Waals surface area contributed by atoms with Crippen molar-refractivity contribution in [2.24, 2.45) is 0 Å². The van der Waals surface area contributed by atoms with Crippen LogP contribution in [0.4, 0.5) is 0 Å². The molecule has 6 nitrogen and oxygen atoms in total. The average molecular weight is 320 g/mol. The fraction of sp³-hybridized carbons (Fsp3) is 0.222. The molecule has 0 saturated carbocycles. The van der Waals surface area contributed by atoms with Gasteiger partial charge in [-0.3, -0.25) is 9.78 Å². The lowest BCUT2D eigenvalue weighted by Gasteiger charge is -2.15. The van der Waals surface area contributed by atoms with E-state index in [4.69, 9.17) is 4.52 Å². The molecule has 3 heterocycles. The second-order valence-corrected chi connectivity index (χ2v) is 5.79. The molecule has 1 amide bonds. The Balaban J connectivity index is 1.48. The van der Waals surface area contributed by atoms with Crippen LogP contribution >= 0.6 is 0 Å². The Morgan fingerprint density at radius 3 is 2.71 bits per heavy atom. The molecule has 1 atom stereocenters. The molecule has 2 aromatic heterocycles. The highest BCUT2D eigenvalue weighted by molar-refractivity contribution is 5.94. The van der Waals surface area contributed by atoms with Gasteiger partial charge < -0.3 is 9.42 Å². The van der Waals surface area contributed by atoms with Gasteiger partial charge in [-0.05, 0) is 18.6 Å². The number of hydrogen-bond acceptors (Lipinski definition) is 5. The highest BCUT2D eigenvalue weighted by Gasteiger charge is 2.31. The monoisotopic (exact) mass is 320 g/mol. The maximum absolute atomic E-state index is 12.5. The molecule has 24 heavy (non-hydrogen) atoms. The SMILES string of the molecule is O=C(c1ccncc1)N1CC[C@H](c2nc(-c3ccccc3)no2)C1. The van der Waals surface area contributed by atoms with Crippen LogP contribution in [0.5, 0.6) is 0 Å². The number of aromatic nitrogens is 3. The topological polar surface area (TPSA) is 72.1 Å². The third-order valence-electron chi connectivity index (χ3n) is 4.23. The van der Waals surface area contributed by atoms with Crippen molar-refractivity contribution in [3.63, 3.8) is 0 Å². The number of likely N-dealkylation sites (tertiary alicyclic amines) is 1. The molecule has 0 unspecified atom stereocenters. The molecule has 3 aromatic rings. The molecule has 0 aliphatic carbocycles. The van der Waals surface area contributed by atoms with Gasteiger partial charge in [0.1, 0.15) is 0 Å². The highest BCUT2D eigenvalue weighted by atomic mass is 16.5. The van der Waals surface area contributed by atoms with Crippen molar-refractivity contribution in [3.05, 3.63) is 66.3 Å². The standard InChI is InChI=1S/C18H16N4O2/c23-18(14-6-9-19-10-7-14)22-11-8-15(12-22)17-20-16(21-24-17)13-4-2-1-3-5-13/h1-7,9-10,15H,8,11-12H2/t15-/m0/s1. The smallest absolute Gasteiger partial charge is 0.253 e. The fourth-order valence-corrected chi connectivity index (χ4v) is 2.93. The average Bonchev–Trinajstić information content (AvgIpc) is 3.32. The normalized spacial score (nSPS) is 17.2. The Hall–Kier alpha value is -3.02. The van der Waals surface area contributed by atoms with E-state index in [-0.39, 0.29) is 11.8 Å². The number of rotatable bonds is 3. The number of nitrogens with zero attached hydrogens (tertiary/aromatic N) is 4. The van der Waals surface area contributed by atoms with Crippen LogP contribution in [0.25, 0.3) is 11.4 Å². The molecular formula is C18H16N4O2.